The molecular formula is C27H22N4. The van der Waals surface area contributed by atoms with Crippen LogP contribution in [0.3, 0.4) is 0 Å². The predicted octanol–water partition coefficient (Wildman–Crippen LogP) is 6.40. The zero-order valence-corrected chi connectivity index (χ0v) is 17.3. The van der Waals surface area contributed by atoms with E-state index in [0.29, 0.717) is 5.56 Å². The van der Waals surface area contributed by atoms with E-state index < -0.39 is 0 Å². The first-order chi connectivity index (χ1) is 15.2. The molecule has 5 rings (SSSR count). The van der Waals surface area contributed by atoms with Crippen LogP contribution in [0.5, 0.6) is 0 Å². The molecule has 4 aromatic rings. The summed E-state index contributed by atoms with van der Waals surface area (Å²) in [5.74, 6) is 0. The fourth-order valence-electron chi connectivity index (χ4n) is 4.18. The van der Waals surface area contributed by atoms with E-state index in [-0.39, 0.29) is 5.54 Å². The monoisotopic (exact) mass is 402 g/mol. The zero-order valence-electron chi connectivity index (χ0n) is 17.3. The number of allylic oxidation sites excluding steroid dienone is 2. The van der Waals surface area contributed by atoms with E-state index in [9.17, 15) is 5.26 Å². The molecule has 1 aliphatic rings. The summed E-state index contributed by atoms with van der Waals surface area (Å²) in [6.07, 6.45) is 13.8. The third-order valence-corrected chi connectivity index (χ3v) is 6.06. The van der Waals surface area contributed by atoms with Crippen LogP contribution in [-0.4, -0.2) is 15.5 Å². The van der Waals surface area contributed by atoms with Crippen molar-refractivity contribution >= 4 is 27.5 Å². The largest absolute Gasteiger partial charge is 0.374 e. The van der Waals surface area contributed by atoms with Crippen LogP contribution in [0.25, 0.3) is 32.9 Å². The zero-order chi connectivity index (χ0) is 21.3. The molecule has 1 unspecified atom stereocenters. The van der Waals surface area contributed by atoms with E-state index in [0.717, 1.165) is 51.5 Å². The maximum Gasteiger partial charge on any atom is 0.103 e. The molecule has 2 heterocycles. The van der Waals surface area contributed by atoms with Crippen molar-refractivity contribution in [3.63, 3.8) is 0 Å². The number of aromatic nitrogens is 2. The molecule has 2 aromatic heterocycles. The summed E-state index contributed by atoms with van der Waals surface area (Å²) < 4.78 is 0. The summed E-state index contributed by atoms with van der Waals surface area (Å²) in [4.78, 5) is 9.14. The molecule has 1 N–H and O–H groups in total. The highest BCUT2D eigenvalue weighted by molar-refractivity contribution is 5.97. The fraction of sp³-hybridized carbons (Fsp3) is 0.148. The molecule has 0 saturated carbocycles. The number of benzene rings is 2. The SMILES string of the molecule is CCC1(Nc2c(C#N)cnc3ccc(-c4cnc5ccccc5c4)cc23)C=CC=CC1. The van der Waals surface area contributed by atoms with Crippen LogP contribution in [0.15, 0.2) is 85.2 Å². The summed E-state index contributed by atoms with van der Waals surface area (Å²) in [5.41, 5.74) is 5.11. The number of rotatable bonds is 4. The van der Waals surface area contributed by atoms with Crippen molar-refractivity contribution in [1.82, 2.24) is 9.97 Å². The van der Waals surface area contributed by atoms with Gasteiger partial charge in [0.1, 0.15) is 6.07 Å². The Morgan fingerprint density at radius 1 is 1.00 bits per heavy atom. The third kappa shape index (κ3) is 3.45. The summed E-state index contributed by atoms with van der Waals surface area (Å²) >= 11 is 0. The number of fused-ring (bicyclic) bond motifs is 2. The van der Waals surface area contributed by atoms with Gasteiger partial charge >= 0.3 is 0 Å². The highest BCUT2D eigenvalue weighted by atomic mass is 15.0. The summed E-state index contributed by atoms with van der Waals surface area (Å²) in [6.45, 7) is 2.16. The number of hydrogen-bond acceptors (Lipinski definition) is 4. The molecule has 0 fully saturated rings. The molecule has 0 aliphatic heterocycles. The first-order valence-corrected chi connectivity index (χ1v) is 10.5. The van der Waals surface area contributed by atoms with Gasteiger partial charge < -0.3 is 5.32 Å². The molecule has 4 nitrogen and oxygen atoms in total. The lowest BCUT2D eigenvalue weighted by atomic mass is 9.87. The second-order valence-corrected chi connectivity index (χ2v) is 7.93. The van der Waals surface area contributed by atoms with Crippen LogP contribution >= 0.6 is 0 Å². The Balaban J connectivity index is 1.66. The second kappa shape index (κ2) is 7.70. The van der Waals surface area contributed by atoms with Gasteiger partial charge in [-0.3, -0.25) is 9.97 Å². The van der Waals surface area contributed by atoms with Crippen molar-refractivity contribution in [2.24, 2.45) is 0 Å². The Hall–Kier alpha value is -3.97. The molecule has 0 bridgehead atoms. The first-order valence-electron chi connectivity index (χ1n) is 10.5. The van der Waals surface area contributed by atoms with Crippen LogP contribution in [0.1, 0.15) is 25.3 Å². The lowest BCUT2D eigenvalue weighted by Gasteiger charge is -2.33. The van der Waals surface area contributed by atoms with Gasteiger partial charge in [-0.2, -0.15) is 5.26 Å². The molecule has 31 heavy (non-hydrogen) atoms. The molecule has 0 spiro atoms. The number of nitrogens with zero attached hydrogens (tertiary/aromatic N) is 3. The van der Waals surface area contributed by atoms with Crippen molar-refractivity contribution in [3.8, 4) is 17.2 Å². The van der Waals surface area contributed by atoms with Crippen molar-refractivity contribution in [3.05, 3.63) is 90.8 Å². The Labute approximate surface area is 181 Å². The molecule has 0 amide bonds. The Morgan fingerprint density at radius 2 is 1.87 bits per heavy atom. The van der Waals surface area contributed by atoms with E-state index in [1.165, 1.54) is 0 Å². The normalized spacial score (nSPS) is 17.7. The number of nitriles is 1. The summed E-state index contributed by atoms with van der Waals surface area (Å²) in [6, 6.07) is 18.8. The second-order valence-electron chi connectivity index (χ2n) is 7.93. The lowest BCUT2D eigenvalue weighted by Crippen LogP contribution is -2.36. The standard InChI is InChI=1S/C27H22N4/c1-2-27(12-6-3-7-13-27)31-26-22(16-28)18-30-25-11-10-19(15-23(25)26)21-14-20-8-4-5-9-24(20)29-17-21/h3-12,14-15,17-18H,2,13H2,1H3,(H,30,31). The van der Waals surface area contributed by atoms with Gasteiger partial charge in [-0.25, -0.2) is 0 Å². The molecule has 1 atom stereocenters. The summed E-state index contributed by atoms with van der Waals surface area (Å²) in [7, 11) is 0. The quantitative estimate of drug-likeness (QED) is 0.429. The van der Waals surface area contributed by atoms with Crippen LogP contribution in [-0.2, 0) is 0 Å². The maximum absolute atomic E-state index is 9.80. The van der Waals surface area contributed by atoms with Crippen LogP contribution in [0.4, 0.5) is 5.69 Å². The number of anilines is 1. The van der Waals surface area contributed by atoms with Gasteiger partial charge in [0, 0.05) is 28.7 Å². The van der Waals surface area contributed by atoms with Gasteiger partial charge in [-0.15, -0.1) is 0 Å². The van der Waals surface area contributed by atoms with E-state index in [2.05, 4.69) is 76.8 Å². The van der Waals surface area contributed by atoms with Crippen molar-refractivity contribution in [2.75, 3.05) is 5.32 Å². The average molecular weight is 403 g/mol. The minimum Gasteiger partial charge on any atom is -0.374 e. The van der Waals surface area contributed by atoms with Crippen LogP contribution < -0.4 is 5.32 Å². The summed E-state index contributed by atoms with van der Waals surface area (Å²) in [5, 5.41) is 15.5. The van der Waals surface area contributed by atoms with Gasteiger partial charge in [0.2, 0.25) is 0 Å². The molecular weight excluding hydrogens is 380 g/mol. The highest BCUT2D eigenvalue weighted by Gasteiger charge is 2.26. The molecule has 0 radical (unpaired) electrons. The minimum atomic E-state index is -0.213. The van der Waals surface area contributed by atoms with Crippen molar-refractivity contribution in [1.29, 1.82) is 5.26 Å². The van der Waals surface area contributed by atoms with E-state index in [4.69, 9.17) is 0 Å². The minimum absolute atomic E-state index is 0.213. The highest BCUT2D eigenvalue weighted by Crippen LogP contribution is 2.35. The number of pyridine rings is 2. The molecule has 150 valence electrons. The van der Waals surface area contributed by atoms with Gasteiger partial charge in [-0.1, -0.05) is 55.5 Å². The van der Waals surface area contributed by atoms with Gasteiger partial charge in [0.05, 0.1) is 27.8 Å². The van der Waals surface area contributed by atoms with Gasteiger partial charge in [0.25, 0.3) is 0 Å². The average Bonchev–Trinajstić information content (AvgIpc) is 2.84. The van der Waals surface area contributed by atoms with Crippen molar-refractivity contribution in [2.45, 2.75) is 25.3 Å². The van der Waals surface area contributed by atoms with E-state index in [1.54, 1.807) is 6.20 Å². The Kier molecular flexibility index (Phi) is 4.72. The Bertz CT molecular complexity index is 1390. The number of hydrogen-bond donors (Lipinski definition) is 1. The smallest absolute Gasteiger partial charge is 0.103 e. The van der Waals surface area contributed by atoms with E-state index >= 15 is 0 Å². The molecule has 4 heteroatoms. The van der Waals surface area contributed by atoms with Gasteiger partial charge in [-0.05, 0) is 42.7 Å². The van der Waals surface area contributed by atoms with Crippen molar-refractivity contribution < 1.29 is 0 Å². The Morgan fingerprint density at radius 3 is 2.68 bits per heavy atom. The maximum atomic E-state index is 9.80. The van der Waals surface area contributed by atoms with Crippen LogP contribution in [0, 0.1) is 11.3 Å². The van der Waals surface area contributed by atoms with Crippen LogP contribution in [0.2, 0.25) is 0 Å². The number of para-hydroxylation sites is 1. The molecule has 0 saturated heterocycles. The molecule has 1 aliphatic carbocycles. The first kappa shape index (κ1) is 19.0. The number of nitrogens with one attached hydrogen (secondary N) is 1. The third-order valence-electron chi connectivity index (χ3n) is 6.06. The fourth-order valence-corrected chi connectivity index (χ4v) is 4.18. The van der Waals surface area contributed by atoms with Gasteiger partial charge in [0.15, 0.2) is 0 Å². The predicted molar refractivity (Wildman–Crippen MR) is 127 cm³/mol. The van der Waals surface area contributed by atoms with E-state index in [1.807, 2.05) is 30.5 Å². The molecule has 2 aromatic carbocycles. The topological polar surface area (TPSA) is 61.6 Å². The lowest BCUT2D eigenvalue weighted by molar-refractivity contribution is 0.558.